The van der Waals surface area contributed by atoms with Crippen LogP contribution in [-0.4, -0.2) is 28.6 Å². The highest BCUT2D eigenvalue weighted by molar-refractivity contribution is 7.90. The summed E-state index contributed by atoms with van der Waals surface area (Å²) in [5.41, 5.74) is 8.08. The van der Waals surface area contributed by atoms with E-state index in [-0.39, 0.29) is 17.2 Å². The maximum atomic E-state index is 10.7. The molecule has 0 spiro atoms. The van der Waals surface area contributed by atoms with Crippen LogP contribution in [0, 0.1) is 0 Å². The van der Waals surface area contributed by atoms with E-state index in [4.69, 9.17) is 21.7 Å². The zero-order chi connectivity index (χ0) is 10.9. The Morgan fingerprint density at radius 2 is 2.14 bits per heavy atom. The lowest BCUT2D eigenvalue weighted by Crippen LogP contribution is -2.15. The van der Waals surface area contributed by atoms with Gasteiger partial charge < -0.3 is 10.6 Å². The molecule has 0 atom stereocenters. The second-order valence-corrected chi connectivity index (χ2v) is 4.38. The summed E-state index contributed by atoms with van der Waals surface area (Å²) in [5.74, 6) is -0.806. The van der Waals surface area contributed by atoms with Gasteiger partial charge in [0.15, 0.2) is 0 Å². The standard InChI is InChI=1S/C6H5ClN2O4S/c7-3-1-4(9-8)6(10)5(2-3)14(11,12)13/h2,10H,1H2,(H,11,12,13). The third kappa shape index (κ3) is 2.02. The molecule has 1 aliphatic rings. The molecule has 0 aromatic heterocycles. The molecule has 0 amide bonds. The van der Waals surface area contributed by atoms with Crippen molar-refractivity contribution in [2.24, 2.45) is 0 Å². The van der Waals surface area contributed by atoms with Gasteiger partial charge in [0.25, 0.3) is 10.1 Å². The van der Waals surface area contributed by atoms with Gasteiger partial charge >= 0.3 is 5.71 Å². The molecule has 0 heterocycles. The van der Waals surface area contributed by atoms with Crippen molar-refractivity contribution >= 4 is 27.4 Å². The van der Waals surface area contributed by atoms with Crippen LogP contribution in [0.5, 0.6) is 0 Å². The minimum atomic E-state index is -4.57. The lowest BCUT2D eigenvalue weighted by atomic mass is 10.1. The minimum Gasteiger partial charge on any atom is -0.501 e. The van der Waals surface area contributed by atoms with Crippen molar-refractivity contribution in [1.82, 2.24) is 0 Å². The molecule has 1 rings (SSSR count). The molecule has 0 saturated heterocycles. The van der Waals surface area contributed by atoms with Crippen LogP contribution in [0.1, 0.15) is 6.42 Å². The Hall–Kier alpha value is -1.14. The Bertz CT molecular complexity index is 484. The van der Waals surface area contributed by atoms with Crippen molar-refractivity contribution in [2.45, 2.75) is 6.42 Å². The molecule has 0 aromatic rings. The Morgan fingerprint density at radius 1 is 1.57 bits per heavy atom. The maximum Gasteiger partial charge on any atom is 0.339 e. The normalized spacial score (nSPS) is 17.9. The van der Waals surface area contributed by atoms with Gasteiger partial charge in [0.05, 0.1) is 6.42 Å². The Kier molecular flexibility index (Phi) is 2.77. The number of halogens is 1. The fourth-order valence-corrected chi connectivity index (χ4v) is 1.88. The number of nitrogens with zero attached hydrogens (tertiary/aromatic N) is 2. The first-order chi connectivity index (χ1) is 6.36. The number of hydrogen-bond acceptors (Lipinski definition) is 3. The fourth-order valence-electron chi connectivity index (χ4n) is 0.927. The van der Waals surface area contributed by atoms with Crippen molar-refractivity contribution in [2.75, 3.05) is 0 Å². The van der Waals surface area contributed by atoms with Crippen molar-refractivity contribution in [3.8, 4) is 0 Å². The van der Waals surface area contributed by atoms with Crippen LogP contribution in [0.15, 0.2) is 21.8 Å². The molecule has 0 saturated carbocycles. The van der Waals surface area contributed by atoms with Gasteiger partial charge in [0.2, 0.25) is 5.76 Å². The van der Waals surface area contributed by atoms with Gasteiger partial charge in [-0.25, -0.2) is 0 Å². The summed E-state index contributed by atoms with van der Waals surface area (Å²) in [5, 5.41) is 9.26. The lowest BCUT2D eigenvalue weighted by molar-refractivity contribution is -0.0100. The number of aliphatic hydroxyl groups excluding tert-OH is 1. The quantitative estimate of drug-likeness (QED) is 0.399. The number of hydrogen-bond donors (Lipinski definition) is 2. The predicted octanol–water partition coefficient (Wildman–Crippen LogP) is 0.841. The fraction of sp³-hybridized carbons (Fsp3) is 0.167. The molecule has 6 nitrogen and oxygen atoms in total. The van der Waals surface area contributed by atoms with E-state index >= 15 is 0 Å². The lowest BCUT2D eigenvalue weighted by Gasteiger charge is -2.06. The molecule has 0 unspecified atom stereocenters. The third-order valence-corrected chi connectivity index (χ3v) is 2.64. The molecule has 76 valence electrons. The van der Waals surface area contributed by atoms with E-state index < -0.39 is 20.8 Å². The van der Waals surface area contributed by atoms with Gasteiger partial charge in [-0.1, -0.05) is 11.6 Å². The van der Waals surface area contributed by atoms with E-state index in [1.54, 1.807) is 0 Å². The first-order valence-corrected chi connectivity index (χ1v) is 5.16. The summed E-state index contributed by atoms with van der Waals surface area (Å²) in [7, 11) is -4.57. The van der Waals surface area contributed by atoms with Crippen LogP contribution in [0.3, 0.4) is 0 Å². The number of aliphatic hydroxyl groups is 1. The zero-order valence-corrected chi connectivity index (χ0v) is 8.25. The van der Waals surface area contributed by atoms with Gasteiger partial charge in [0, 0.05) is 5.03 Å². The first kappa shape index (κ1) is 10.9. The van der Waals surface area contributed by atoms with E-state index in [9.17, 15) is 13.5 Å². The molecule has 2 N–H and O–H groups in total. The third-order valence-electron chi connectivity index (χ3n) is 1.53. The second-order valence-electron chi connectivity index (χ2n) is 2.50. The summed E-state index contributed by atoms with van der Waals surface area (Å²) in [6.07, 6.45) is 0.795. The predicted molar refractivity (Wildman–Crippen MR) is 48.4 cm³/mol. The molecule has 1 aliphatic carbocycles. The van der Waals surface area contributed by atoms with Crippen LogP contribution < -0.4 is 0 Å². The van der Waals surface area contributed by atoms with Gasteiger partial charge in [-0.3, -0.25) is 4.55 Å². The Balaban J connectivity index is 3.48. The van der Waals surface area contributed by atoms with E-state index in [1.807, 2.05) is 0 Å². The summed E-state index contributed by atoms with van der Waals surface area (Å²) in [6, 6.07) is 0. The molecular formula is C6H5ClN2O4S. The van der Waals surface area contributed by atoms with Crippen molar-refractivity contribution in [1.29, 1.82) is 0 Å². The van der Waals surface area contributed by atoms with E-state index in [1.165, 1.54) is 0 Å². The minimum absolute atomic E-state index is 0.0308. The van der Waals surface area contributed by atoms with Crippen LogP contribution in [0.25, 0.3) is 5.53 Å². The largest absolute Gasteiger partial charge is 0.501 e. The van der Waals surface area contributed by atoms with Crippen molar-refractivity contribution in [3.63, 3.8) is 0 Å². The highest BCUT2D eigenvalue weighted by Gasteiger charge is 2.31. The molecule has 0 aliphatic heterocycles. The highest BCUT2D eigenvalue weighted by atomic mass is 35.5. The highest BCUT2D eigenvalue weighted by Crippen LogP contribution is 2.24. The number of rotatable bonds is 1. The first-order valence-electron chi connectivity index (χ1n) is 3.34. The zero-order valence-electron chi connectivity index (χ0n) is 6.68. The molecule has 8 heteroatoms. The van der Waals surface area contributed by atoms with E-state index in [0.29, 0.717) is 0 Å². The average Bonchev–Trinajstić information content (AvgIpc) is 2.06. The van der Waals surface area contributed by atoms with Crippen LogP contribution in [-0.2, 0) is 10.1 Å². The van der Waals surface area contributed by atoms with Gasteiger partial charge in [-0.15, -0.1) is 0 Å². The van der Waals surface area contributed by atoms with Crippen LogP contribution in [0.4, 0.5) is 0 Å². The summed E-state index contributed by atoms with van der Waals surface area (Å²) < 4.78 is 30.1. The molecule has 0 fully saturated rings. The summed E-state index contributed by atoms with van der Waals surface area (Å²) in [6.45, 7) is 0. The van der Waals surface area contributed by atoms with Crippen molar-refractivity contribution < 1.29 is 22.9 Å². The molecule has 0 radical (unpaired) electrons. The van der Waals surface area contributed by atoms with Gasteiger partial charge in [-0.05, 0) is 6.08 Å². The topological polar surface area (TPSA) is 111 Å². The van der Waals surface area contributed by atoms with Gasteiger partial charge in [-0.2, -0.15) is 13.2 Å². The summed E-state index contributed by atoms with van der Waals surface area (Å²) in [4.78, 5) is 1.87. The van der Waals surface area contributed by atoms with Crippen LogP contribution >= 0.6 is 11.6 Å². The van der Waals surface area contributed by atoms with Crippen molar-refractivity contribution in [3.05, 3.63) is 27.3 Å². The Labute approximate surface area is 84.5 Å². The average molecular weight is 237 g/mol. The molecular weight excluding hydrogens is 232 g/mol. The SMILES string of the molecule is [N-]=[N+]=C1CC(Cl)=CC(S(=O)(=O)O)=C1O. The van der Waals surface area contributed by atoms with E-state index in [0.717, 1.165) is 6.08 Å². The molecule has 0 bridgehead atoms. The molecule has 14 heavy (non-hydrogen) atoms. The number of allylic oxidation sites excluding steroid dienone is 3. The van der Waals surface area contributed by atoms with Crippen LogP contribution in [0.2, 0.25) is 0 Å². The monoisotopic (exact) mass is 236 g/mol. The summed E-state index contributed by atoms with van der Waals surface area (Å²) >= 11 is 5.50. The maximum absolute atomic E-state index is 10.7. The molecule has 0 aromatic carbocycles. The Morgan fingerprint density at radius 3 is 2.57 bits per heavy atom. The smallest absolute Gasteiger partial charge is 0.339 e. The van der Waals surface area contributed by atoms with E-state index in [2.05, 4.69) is 4.79 Å². The van der Waals surface area contributed by atoms with Gasteiger partial charge in [0.1, 0.15) is 4.91 Å². The second kappa shape index (κ2) is 3.55.